The maximum absolute atomic E-state index is 13.0. The topological polar surface area (TPSA) is 96.6 Å². The Balaban J connectivity index is 2.07. The van der Waals surface area contributed by atoms with Crippen molar-refractivity contribution in [2.45, 2.75) is 6.29 Å². The second-order valence-corrected chi connectivity index (χ2v) is 4.79. The molecule has 0 unspecified atom stereocenters. The van der Waals surface area contributed by atoms with E-state index in [9.17, 15) is 13.6 Å². The van der Waals surface area contributed by atoms with Crippen molar-refractivity contribution >= 4 is 23.4 Å². The van der Waals surface area contributed by atoms with E-state index in [0.29, 0.717) is 0 Å². The van der Waals surface area contributed by atoms with Crippen LogP contribution in [-0.4, -0.2) is 29.3 Å². The summed E-state index contributed by atoms with van der Waals surface area (Å²) >= 11 is 5.86. The maximum Gasteiger partial charge on any atom is 0.586 e. The smallest absolute Gasteiger partial charge is 0.464 e. The number of alkyl halides is 2. The third kappa shape index (κ3) is 2.70. The molecule has 0 spiro atoms. The molecule has 23 heavy (non-hydrogen) atoms. The molecule has 2 heterocycles. The van der Waals surface area contributed by atoms with Crippen LogP contribution in [0.15, 0.2) is 18.2 Å². The molecule has 2 aromatic rings. The summed E-state index contributed by atoms with van der Waals surface area (Å²) in [4.78, 5) is 19.5. The number of ether oxygens (including phenoxy) is 3. The van der Waals surface area contributed by atoms with Crippen LogP contribution >= 0.6 is 11.6 Å². The molecule has 2 N–H and O–H groups in total. The van der Waals surface area contributed by atoms with Crippen LogP contribution in [0.2, 0.25) is 5.02 Å². The van der Waals surface area contributed by atoms with E-state index in [2.05, 4.69) is 24.2 Å². The molecule has 0 radical (unpaired) electrons. The number of rotatable bonds is 2. The molecule has 1 aromatic heterocycles. The lowest BCUT2D eigenvalue weighted by Gasteiger charge is -2.07. The minimum atomic E-state index is -3.74. The van der Waals surface area contributed by atoms with Crippen LogP contribution in [0, 0.1) is 0 Å². The number of hydrogen-bond acceptors (Lipinski definition) is 7. The summed E-state index contributed by atoms with van der Waals surface area (Å²) in [7, 11) is 1.15. The molecule has 7 nitrogen and oxygen atoms in total. The van der Waals surface area contributed by atoms with Gasteiger partial charge in [0, 0.05) is 5.56 Å². The van der Waals surface area contributed by atoms with E-state index in [1.807, 2.05) is 0 Å². The van der Waals surface area contributed by atoms with Crippen LogP contribution in [0.1, 0.15) is 10.5 Å². The summed E-state index contributed by atoms with van der Waals surface area (Å²) in [6.07, 6.45) is -3.74. The molecule has 0 amide bonds. The molecule has 3 rings (SSSR count). The van der Waals surface area contributed by atoms with Gasteiger partial charge in [-0.3, -0.25) is 0 Å². The normalized spacial score (nSPS) is 14.6. The van der Waals surface area contributed by atoms with E-state index >= 15 is 0 Å². The fourth-order valence-electron chi connectivity index (χ4n) is 1.91. The first-order valence-electron chi connectivity index (χ1n) is 6.12. The Kier molecular flexibility index (Phi) is 3.44. The number of carbonyl (C=O) groups is 1. The Bertz CT molecular complexity index is 816. The Labute approximate surface area is 132 Å². The number of halogens is 3. The highest BCUT2D eigenvalue weighted by molar-refractivity contribution is 6.35. The summed E-state index contributed by atoms with van der Waals surface area (Å²) in [5.41, 5.74) is 5.68. The second-order valence-electron chi connectivity index (χ2n) is 4.42. The zero-order chi connectivity index (χ0) is 16.8. The third-order valence-corrected chi connectivity index (χ3v) is 3.29. The highest BCUT2D eigenvalue weighted by Crippen LogP contribution is 2.42. The predicted octanol–water partition coefficient (Wildman–Crippen LogP) is 2.49. The number of benzene rings is 1. The van der Waals surface area contributed by atoms with Crippen LogP contribution < -0.4 is 15.2 Å². The van der Waals surface area contributed by atoms with E-state index in [-0.39, 0.29) is 39.4 Å². The molecule has 120 valence electrons. The van der Waals surface area contributed by atoms with Gasteiger partial charge in [-0.25, -0.2) is 14.8 Å². The number of anilines is 1. The SMILES string of the molecule is COC(=O)c1nc(-c2ccc3c(c2)OC(F)(F)O3)nc(N)c1Cl. The van der Waals surface area contributed by atoms with Crippen molar-refractivity contribution in [2.75, 3.05) is 12.8 Å². The fourth-order valence-corrected chi connectivity index (χ4v) is 2.08. The molecule has 1 aromatic carbocycles. The molecule has 0 bridgehead atoms. The van der Waals surface area contributed by atoms with E-state index in [1.165, 1.54) is 18.2 Å². The summed E-state index contributed by atoms with van der Waals surface area (Å²) < 4.78 is 39.3. The monoisotopic (exact) mass is 343 g/mol. The Morgan fingerprint density at radius 2 is 2.00 bits per heavy atom. The number of nitrogen functional groups attached to an aromatic ring is 1. The molecule has 0 fully saturated rings. The summed E-state index contributed by atoms with van der Waals surface area (Å²) in [5.74, 6) is -1.29. The van der Waals surface area contributed by atoms with Gasteiger partial charge in [-0.2, -0.15) is 0 Å². The van der Waals surface area contributed by atoms with Gasteiger partial charge in [0.05, 0.1) is 7.11 Å². The van der Waals surface area contributed by atoms with Crippen LogP contribution in [0.4, 0.5) is 14.6 Å². The Morgan fingerprint density at radius 3 is 2.70 bits per heavy atom. The van der Waals surface area contributed by atoms with Gasteiger partial charge in [-0.05, 0) is 18.2 Å². The number of aromatic nitrogens is 2. The lowest BCUT2D eigenvalue weighted by atomic mass is 10.2. The molecule has 0 atom stereocenters. The molecule has 0 saturated heterocycles. The van der Waals surface area contributed by atoms with E-state index in [4.69, 9.17) is 17.3 Å². The lowest BCUT2D eigenvalue weighted by Crippen LogP contribution is -2.25. The first-order valence-corrected chi connectivity index (χ1v) is 6.50. The van der Waals surface area contributed by atoms with E-state index in [0.717, 1.165) is 7.11 Å². The van der Waals surface area contributed by atoms with Gasteiger partial charge in [0.15, 0.2) is 23.0 Å². The quantitative estimate of drug-likeness (QED) is 0.837. The number of methoxy groups -OCH3 is 1. The Hall–Kier alpha value is -2.68. The highest BCUT2D eigenvalue weighted by Gasteiger charge is 2.43. The molecule has 0 saturated carbocycles. The highest BCUT2D eigenvalue weighted by atomic mass is 35.5. The van der Waals surface area contributed by atoms with Gasteiger partial charge in [0.2, 0.25) is 0 Å². The van der Waals surface area contributed by atoms with Gasteiger partial charge in [-0.15, -0.1) is 8.78 Å². The van der Waals surface area contributed by atoms with Crippen molar-refractivity contribution < 1.29 is 27.8 Å². The van der Waals surface area contributed by atoms with Crippen LogP contribution in [0.5, 0.6) is 11.5 Å². The van der Waals surface area contributed by atoms with Crippen molar-refractivity contribution in [1.82, 2.24) is 9.97 Å². The number of hydrogen-bond donors (Lipinski definition) is 1. The van der Waals surface area contributed by atoms with E-state index in [1.54, 1.807) is 0 Å². The number of esters is 1. The summed E-state index contributed by atoms with van der Waals surface area (Å²) in [6.45, 7) is 0. The van der Waals surface area contributed by atoms with Crippen molar-refractivity contribution in [3.8, 4) is 22.9 Å². The standard InChI is InChI=1S/C13H8ClF2N3O4/c1-21-12(20)9-8(14)10(17)19-11(18-9)5-2-3-6-7(4-5)23-13(15,16)22-6/h2-4H,1H3,(H2,17,18,19). The minimum absolute atomic E-state index is 0.00563. The van der Waals surface area contributed by atoms with Gasteiger partial charge < -0.3 is 19.9 Å². The number of carbonyl (C=O) groups excluding carboxylic acids is 1. The zero-order valence-electron chi connectivity index (χ0n) is 11.5. The van der Waals surface area contributed by atoms with Gasteiger partial charge in [0.1, 0.15) is 10.8 Å². The fraction of sp³-hybridized carbons (Fsp3) is 0.154. The third-order valence-electron chi connectivity index (χ3n) is 2.92. The van der Waals surface area contributed by atoms with Crippen LogP contribution in [0.25, 0.3) is 11.4 Å². The molecule has 0 aliphatic carbocycles. The summed E-state index contributed by atoms with van der Waals surface area (Å²) in [5, 5.41) is -0.159. The maximum atomic E-state index is 13.0. The van der Waals surface area contributed by atoms with Crippen molar-refractivity contribution in [1.29, 1.82) is 0 Å². The molecular formula is C13H8ClF2N3O4. The predicted molar refractivity (Wildman–Crippen MR) is 74.4 cm³/mol. The average Bonchev–Trinajstić information content (AvgIpc) is 2.81. The summed E-state index contributed by atoms with van der Waals surface area (Å²) in [6, 6.07) is 3.91. The molecular weight excluding hydrogens is 336 g/mol. The number of fused-ring (bicyclic) bond motifs is 1. The zero-order valence-corrected chi connectivity index (χ0v) is 12.2. The number of nitrogens with two attached hydrogens (primary N) is 1. The van der Waals surface area contributed by atoms with Gasteiger partial charge >= 0.3 is 12.3 Å². The van der Waals surface area contributed by atoms with Gasteiger partial charge in [0.25, 0.3) is 0 Å². The van der Waals surface area contributed by atoms with Crippen molar-refractivity contribution in [3.05, 3.63) is 28.9 Å². The van der Waals surface area contributed by atoms with Crippen LogP contribution in [-0.2, 0) is 4.74 Å². The second kappa shape index (κ2) is 5.20. The lowest BCUT2D eigenvalue weighted by molar-refractivity contribution is -0.286. The molecule has 1 aliphatic rings. The first kappa shape index (κ1) is 15.2. The largest absolute Gasteiger partial charge is 0.586 e. The molecule has 1 aliphatic heterocycles. The molecule has 10 heteroatoms. The van der Waals surface area contributed by atoms with Crippen LogP contribution in [0.3, 0.4) is 0 Å². The van der Waals surface area contributed by atoms with E-state index < -0.39 is 12.3 Å². The Morgan fingerprint density at radius 1 is 1.30 bits per heavy atom. The minimum Gasteiger partial charge on any atom is -0.464 e. The first-order chi connectivity index (χ1) is 10.8. The van der Waals surface area contributed by atoms with Crippen molar-refractivity contribution in [2.24, 2.45) is 0 Å². The number of nitrogens with zero attached hydrogens (tertiary/aromatic N) is 2. The van der Waals surface area contributed by atoms with Crippen molar-refractivity contribution in [3.63, 3.8) is 0 Å². The average molecular weight is 344 g/mol. The van der Waals surface area contributed by atoms with Gasteiger partial charge in [-0.1, -0.05) is 11.6 Å².